The minimum atomic E-state index is -4.25. The molecule has 1 N–H and O–H groups in total. The van der Waals surface area contributed by atoms with Gasteiger partial charge in [-0.1, -0.05) is 112 Å². The Balaban J connectivity index is 1.71. The van der Waals surface area contributed by atoms with Crippen LogP contribution in [0.4, 0.5) is 0 Å². The second-order valence-corrected chi connectivity index (χ2v) is 15.8. The topological polar surface area (TPSA) is 161 Å². The van der Waals surface area contributed by atoms with Gasteiger partial charge >= 0.3 is 25.5 Å². The lowest BCUT2D eigenvalue weighted by atomic mass is 10.0. The van der Waals surface area contributed by atoms with Crippen molar-refractivity contribution in [3.63, 3.8) is 0 Å². The number of carbonyl (C=O) groups excluding carboxylic acids is 2. The molecule has 5 atom stereocenters. The molecule has 1 aliphatic rings. The van der Waals surface area contributed by atoms with Crippen molar-refractivity contribution < 1.29 is 41.9 Å². The van der Waals surface area contributed by atoms with Crippen LogP contribution in [0.2, 0.25) is 0 Å². The summed E-state index contributed by atoms with van der Waals surface area (Å²) in [5.41, 5.74) is -1.54. The van der Waals surface area contributed by atoms with Gasteiger partial charge in [0.2, 0.25) is 6.29 Å². The summed E-state index contributed by atoms with van der Waals surface area (Å²) >= 11 is 0. The lowest BCUT2D eigenvalue weighted by Gasteiger charge is -2.24. The molecule has 2 heterocycles. The number of phosphoric ester groups is 1. The zero-order chi connectivity index (χ0) is 34.5. The number of H-pyrrole nitrogens is 1. The Morgan fingerprint density at radius 2 is 1.38 bits per heavy atom. The van der Waals surface area contributed by atoms with E-state index in [-0.39, 0.29) is 6.61 Å². The maximum absolute atomic E-state index is 13.3. The normalized spacial score (nSPS) is 20.6. The molecule has 0 amide bonds. The van der Waals surface area contributed by atoms with Gasteiger partial charge in [-0.25, -0.2) is 9.36 Å². The monoisotopic (exact) mass is 724 g/mol. The standard InChI is InChI=1S/C31H53N2O11PS2/c1-5-6-7-8-9-10-11-12-13-14-15-16-17-18-22-46-47-23-21-40-45(38,39-4)44-30-28(42-25(3)35)27(41-24(2)34)29(43-30)33-20-19-26(36)32-31(33)37/h19-20,27-30H,5-18,21-23H2,1-4H3,(H,32,36,37)/t27-,28-,29?,30?,45?/m1/s1. The number of aromatic amines is 1. The van der Waals surface area contributed by atoms with Crippen LogP contribution >= 0.6 is 29.4 Å². The van der Waals surface area contributed by atoms with Gasteiger partial charge in [0.15, 0.2) is 18.4 Å². The first-order valence-electron chi connectivity index (χ1n) is 16.6. The molecule has 1 saturated heterocycles. The van der Waals surface area contributed by atoms with E-state index < -0.39 is 55.7 Å². The van der Waals surface area contributed by atoms with Gasteiger partial charge in [0.25, 0.3) is 5.56 Å². The molecule has 2 rings (SSSR count). The Hall–Kier alpha value is -1.61. The molecule has 1 aromatic heterocycles. The van der Waals surface area contributed by atoms with Crippen molar-refractivity contribution in [1.82, 2.24) is 9.55 Å². The van der Waals surface area contributed by atoms with Crippen LogP contribution in [-0.2, 0) is 41.9 Å². The van der Waals surface area contributed by atoms with Crippen LogP contribution in [0.1, 0.15) is 117 Å². The highest BCUT2D eigenvalue weighted by Crippen LogP contribution is 2.52. The Labute approximate surface area is 285 Å². The van der Waals surface area contributed by atoms with Crippen molar-refractivity contribution >= 4 is 41.3 Å². The van der Waals surface area contributed by atoms with E-state index in [0.29, 0.717) is 5.75 Å². The summed E-state index contributed by atoms with van der Waals surface area (Å²) in [4.78, 5) is 49.9. The summed E-state index contributed by atoms with van der Waals surface area (Å²) in [6.07, 6.45) is 13.8. The average Bonchev–Trinajstić information content (AvgIpc) is 3.32. The number of esters is 2. The van der Waals surface area contributed by atoms with Crippen molar-refractivity contribution in [2.24, 2.45) is 0 Å². The molecule has 270 valence electrons. The van der Waals surface area contributed by atoms with Gasteiger partial charge in [-0.3, -0.25) is 37.5 Å². The number of nitrogens with zero attached hydrogens (tertiary/aromatic N) is 1. The largest absolute Gasteiger partial charge is 0.477 e. The number of hydrogen-bond acceptors (Lipinski definition) is 13. The third kappa shape index (κ3) is 16.6. The fraction of sp³-hybridized carbons (Fsp3) is 0.806. The Bertz CT molecular complexity index is 1210. The minimum Gasteiger partial charge on any atom is -0.453 e. The summed E-state index contributed by atoms with van der Waals surface area (Å²) in [7, 11) is 0.183. The summed E-state index contributed by atoms with van der Waals surface area (Å²) in [5.74, 6) is -0.0398. The minimum absolute atomic E-state index is 0.0304. The second kappa shape index (κ2) is 23.7. The van der Waals surface area contributed by atoms with E-state index in [4.69, 9.17) is 27.8 Å². The van der Waals surface area contributed by atoms with Crippen molar-refractivity contribution in [3.05, 3.63) is 33.1 Å². The molecule has 0 spiro atoms. The molecule has 13 nitrogen and oxygen atoms in total. The Morgan fingerprint density at radius 3 is 1.91 bits per heavy atom. The SMILES string of the molecule is CCCCCCCCCCCCCCCCSSCCOP(=O)(OC)OC1OC(n2ccc(=O)[nH]c2=O)[C@H](OC(C)=O)[C@H]1OC(C)=O. The van der Waals surface area contributed by atoms with Crippen molar-refractivity contribution in [1.29, 1.82) is 0 Å². The third-order valence-electron chi connectivity index (χ3n) is 7.41. The number of aromatic nitrogens is 2. The highest BCUT2D eigenvalue weighted by atomic mass is 33.1. The molecule has 0 saturated carbocycles. The van der Waals surface area contributed by atoms with Crippen molar-refractivity contribution in [2.45, 2.75) is 135 Å². The number of rotatable bonds is 26. The first-order valence-corrected chi connectivity index (χ1v) is 20.6. The Kier molecular flexibility index (Phi) is 21.0. The van der Waals surface area contributed by atoms with Crippen LogP contribution in [0.3, 0.4) is 0 Å². The van der Waals surface area contributed by atoms with Crippen molar-refractivity contribution in [3.8, 4) is 0 Å². The van der Waals surface area contributed by atoms with E-state index in [0.717, 1.165) is 50.0 Å². The van der Waals surface area contributed by atoms with Gasteiger partial charge in [0.1, 0.15) is 0 Å². The van der Waals surface area contributed by atoms with E-state index in [1.54, 1.807) is 21.6 Å². The van der Waals surface area contributed by atoms with Crippen LogP contribution in [-0.4, -0.2) is 65.2 Å². The number of carbonyl (C=O) groups is 2. The summed E-state index contributed by atoms with van der Waals surface area (Å²) in [6.45, 7) is 4.51. The van der Waals surface area contributed by atoms with Crippen LogP contribution in [0, 0.1) is 0 Å². The first kappa shape index (κ1) is 41.6. The molecule has 0 aromatic carbocycles. The molecule has 1 aromatic rings. The van der Waals surface area contributed by atoms with Gasteiger partial charge in [0.05, 0.1) is 6.61 Å². The van der Waals surface area contributed by atoms with E-state index in [1.165, 1.54) is 83.5 Å². The molecule has 0 radical (unpaired) electrons. The van der Waals surface area contributed by atoms with Crippen molar-refractivity contribution in [2.75, 3.05) is 25.2 Å². The maximum Gasteiger partial charge on any atom is 0.477 e. The molecule has 0 bridgehead atoms. The lowest BCUT2D eigenvalue weighted by molar-refractivity contribution is -0.173. The third-order valence-corrected chi connectivity index (χ3v) is 11.3. The fourth-order valence-corrected chi connectivity index (χ4v) is 8.18. The van der Waals surface area contributed by atoms with Crippen LogP contribution in [0.15, 0.2) is 21.9 Å². The number of phosphoric acid groups is 1. The predicted octanol–water partition coefficient (Wildman–Crippen LogP) is 6.91. The molecule has 1 fully saturated rings. The fourth-order valence-electron chi connectivity index (χ4n) is 5.09. The summed E-state index contributed by atoms with van der Waals surface area (Å²) in [6, 6.07) is 1.06. The van der Waals surface area contributed by atoms with Gasteiger partial charge in [-0.2, -0.15) is 0 Å². The molecule has 47 heavy (non-hydrogen) atoms. The number of unbranched alkanes of at least 4 members (excludes halogenated alkanes) is 13. The zero-order valence-corrected chi connectivity index (χ0v) is 30.7. The Morgan fingerprint density at radius 1 is 0.851 bits per heavy atom. The van der Waals surface area contributed by atoms with E-state index in [1.807, 2.05) is 0 Å². The summed E-state index contributed by atoms with van der Waals surface area (Å²) < 4.78 is 46.6. The molecule has 3 unspecified atom stereocenters. The number of ether oxygens (including phenoxy) is 3. The molecule has 16 heteroatoms. The first-order chi connectivity index (χ1) is 22.6. The van der Waals surface area contributed by atoms with Gasteiger partial charge in [-0.05, 0) is 6.42 Å². The predicted molar refractivity (Wildman–Crippen MR) is 183 cm³/mol. The lowest BCUT2D eigenvalue weighted by Crippen LogP contribution is -2.41. The molecule has 0 aliphatic carbocycles. The number of hydrogen-bond donors (Lipinski definition) is 1. The number of nitrogens with one attached hydrogen (secondary N) is 1. The highest BCUT2D eigenvalue weighted by molar-refractivity contribution is 8.76. The smallest absolute Gasteiger partial charge is 0.453 e. The van der Waals surface area contributed by atoms with Crippen LogP contribution in [0.5, 0.6) is 0 Å². The highest BCUT2D eigenvalue weighted by Gasteiger charge is 2.53. The van der Waals surface area contributed by atoms with E-state index in [9.17, 15) is 23.7 Å². The summed E-state index contributed by atoms with van der Waals surface area (Å²) in [5, 5.41) is 0. The zero-order valence-electron chi connectivity index (χ0n) is 28.2. The molecule has 1 aliphatic heterocycles. The van der Waals surface area contributed by atoms with Crippen LogP contribution in [0.25, 0.3) is 0 Å². The quantitative estimate of drug-likeness (QED) is 0.0455. The van der Waals surface area contributed by atoms with E-state index in [2.05, 4.69) is 11.9 Å². The van der Waals surface area contributed by atoms with E-state index >= 15 is 0 Å². The second-order valence-electron chi connectivity index (χ2n) is 11.4. The molecular formula is C31H53N2O11PS2. The van der Waals surface area contributed by atoms with Crippen LogP contribution < -0.4 is 11.2 Å². The average molecular weight is 725 g/mol. The van der Waals surface area contributed by atoms with Gasteiger partial charge in [-0.15, -0.1) is 0 Å². The molecular weight excluding hydrogens is 671 g/mol. The van der Waals surface area contributed by atoms with Gasteiger partial charge < -0.3 is 14.2 Å². The van der Waals surface area contributed by atoms with Gasteiger partial charge in [0, 0.05) is 44.7 Å². The maximum atomic E-state index is 13.3.